The number of azide groups is 1. The summed E-state index contributed by atoms with van der Waals surface area (Å²) in [7, 11) is 3.14. The van der Waals surface area contributed by atoms with Gasteiger partial charge in [-0.05, 0) is 24.1 Å². The zero-order valence-electron chi connectivity index (χ0n) is 12.4. The van der Waals surface area contributed by atoms with E-state index in [0.717, 1.165) is 10.6 Å². The standard InChI is InChI=1S/C14H14N4O4S2/c15-17-16-10-3-5-11(6-4-10)24-23-9-1-2-14(21)22-18-12(19)7-8-13(18)20/h3-8,19-20H,1-2,9H2. The van der Waals surface area contributed by atoms with Gasteiger partial charge in [-0.3, -0.25) is 0 Å². The van der Waals surface area contributed by atoms with Gasteiger partial charge >= 0.3 is 5.97 Å². The highest BCUT2D eigenvalue weighted by Gasteiger charge is 2.11. The molecule has 2 rings (SSSR count). The van der Waals surface area contributed by atoms with E-state index in [0.29, 0.717) is 16.8 Å². The number of benzene rings is 1. The monoisotopic (exact) mass is 366 g/mol. The molecule has 24 heavy (non-hydrogen) atoms. The van der Waals surface area contributed by atoms with Crippen LogP contribution in [0.15, 0.2) is 46.4 Å². The van der Waals surface area contributed by atoms with Crippen molar-refractivity contribution in [2.45, 2.75) is 17.7 Å². The molecule has 0 radical (unpaired) electrons. The summed E-state index contributed by atoms with van der Waals surface area (Å²) in [6, 6.07) is 9.62. The summed E-state index contributed by atoms with van der Waals surface area (Å²) >= 11 is 0. The second-order valence-corrected chi connectivity index (χ2v) is 6.99. The summed E-state index contributed by atoms with van der Waals surface area (Å²) in [5.74, 6) is -0.493. The van der Waals surface area contributed by atoms with Crippen molar-refractivity contribution < 1.29 is 19.8 Å². The molecule has 0 fully saturated rings. The van der Waals surface area contributed by atoms with E-state index in [1.54, 1.807) is 33.7 Å². The van der Waals surface area contributed by atoms with E-state index in [1.807, 2.05) is 12.1 Å². The first-order chi connectivity index (χ1) is 11.6. The van der Waals surface area contributed by atoms with E-state index >= 15 is 0 Å². The van der Waals surface area contributed by atoms with Crippen LogP contribution in [0.4, 0.5) is 5.69 Å². The lowest BCUT2D eigenvalue weighted by Crippen LogP contribution is -2.18. The topological polar surface area (TPSA) is 120 Å². The Labute approximate surface area is 145 Å². The van der Waals surface area contributed by atoms with E-state index in [-0.39, 0.29) is 18.2 Å². The molecule has 126 valence electrons. The molecule has 0 spiro atoms. The highest BCUT2D eigenvalue weighted by molar-refractivity contribution is 8.76. The smallest absolute Gasteiger partial charge is 0.333 e. The van der Waals surface area contributed by atoms with Gasteiger partial charge < -0.3 is 15.1 Å². The van der Waals surface area contributed by atoms with Crippen molar-refractivity contribution in [1.29, 1.82) is 0 Å². The van der Waals surface area contributed by atoms with Crippen molar-refractivity contribution >= 4 is 33.2 Å². The quantitative estimate of drug-likeness (QED) is 0.239. The Bertz CT molecular complexity index is 722. The molecule has 1 heterocycles. The molecule has 1 aromatic heterocycles. The summed E-state index contributed by atoms with van der Waals surface area (Å²) in [6.45, 7) is 0. The average molecular weight is 366 g/mol. The minimum Gasteiger partial charge on any atom is -0.492 e. The molecular weight excluding hydrogens is 352 g/mol. The molecule has 10 heteroatoms. The highest BCUT2D eigenvalue weighted by atomic mass is 33.1. The van der Waals surface area contributed by atoms with E-state index in [2.05, 4.69) is 10.0 Å². The Balaban J connectivity index is 1.66. The molecule has 0 aliphatic heterocycles. The molecule has 1 aromatic carbocycles. The molecule has 0 bridgehead atoms. The average Bonchev–Trinajstić information content (AvgIpc) is 2.88. The lowest BCUT2D eigenvalue weighted by molar-refractivity contribution is -0.145. The molecule has 0 saturated heterocycles. The summed E-state index contributed by atoms with van der Waals surface area (Å²) < 4.78 is 0.676. The number of rotatable bonds is 8. The molecule has 8 nitrogen and oxygen atoms in total. The number of carbonyl (C=O) groups is 1. The van der Waals surface area contributed by atoms with Gasteiger partial charge in [0.25, 0.3) is 0 Å². The normalized spacial score (nSPS) is 10.2. The Morgan fingerprint density at radius 2 is 1.88 bits per heavy atom. The molecule has 2 N–H and O–H groups in total. The third-order valence-corrected chi connectivity index (χ3v) is 5.22. The number of aromatic hydroxyl groups is 2. The van der Waals surface area contributed by atoms with Gasteiger partial charge in [-0.25, -0.2) is 4.79 Å². The number of hydrogen-bond donors (Lipinski definition) is 2. The Morgan fingerprint density at radius 1 is 1.21 bits per heavy atom. The van der Waals surface area contributed by atoms with Gasteiger partial charge in [-0.2, -0.15) is 0 Å². The van der Waals surface area contributed by atoms with Crippen LogP contribution in [-0.2, 0) is 4.79 Å². The summed E-state index contributed by atoms with van der Waals surface area (Å²) in [5, 5.41) is 22.2. The fourth-order valence-corrected chi connectivity index (χ4v) is 3.72. The van der Waals surface area contributed by atoms with E-state index in [4.69, 9.17) is 10.4 Å². The summed E-state index contributed by atoms with van der Waals surface area (Å²) in [6.07, 6.45) is 0.760. The Hall–Kier alpha value is -2.42. The number of aromatic nitrogens is 1. The van der Waals surface area contributed by atoms with Gasteiger partial charge in [0.05, 0.1) is 0 Å². The number of nitrogens with zero attached hydrogens (tertiary/aromatic N) is 4. The zero-order chi connectivity index (χ0) is 17.4. The molecule has 0 atom stereocenters. The predicted molar refractivity (Wildman–Crippen MR) is 92.1 cm³/mol. The summed E-state index contributed by atoms with van der Waals surface area (Å²) in [5.41, 5.74) is 8.89. The molecule has 0 unspecified atom stereocenters. The van der Waals surface area contributed by atoms with Crippen LogP contribution in [-0.4, -0.2) is 26.7 Å². The number of carbonyl (C=O) groups excluding carboxylic acids is 1. The van der Waals surface area contributed by atoms with E-state index < -0.39 is 5.97 Å². The maximum absolute atomic E-state index is 11.6. The largest absolute Gasteiger partial charge is 0.492 e. The molecule has 0 saturated carbocycles. The molecular formula is C14H14N4O4S2. The SMILES string of the molecule is [N-]=[N+]=Nc1ccc(SSCCCC(=O)On2c(O)ccc2O)cc1. The van der Waals surface area contributed by atoms with Gasteiger partial charge in [0.2, 0.25) is 11.8 Å². The van der Waals surface area contributed by atoms with Crippen LogP contribution in [0.25, 0.3) is 10.4 Å². The fourth-order valence-electron chi connectivity index (χ4n) is 1.65. The van der Waals surface area contributed by atoms with Crippen molar-refractivity contribution in [1.82, 2.24) is 4.73 Å². The zero-order valence-corrected chi connectivity index (χ0v) is 14.0. The Kier molecular flexibility index (Phi) is 6.74. The first-order valence-electron chi connectivity index (χ1n) is 6.85. The maximum atomic E-state index is 11.6. The van der Waals surface area contributed by atoms with Crippen LogP contribution in [0.5, 0.6) is 11.8 Å². The van der Waals surface area contributed by atoms with Crippen molar-refractivity contribution in [2.75, 3.05) is 5.75 Å². The van der Waals surface area contributed by atoms with Crippen molar-refractivity contribution in [2.24, 2.45) is 5.11 Å². The highest BCUT2D eigenvalue weighted by Crippen LogP contribution is 2.32. The Morgan fingerprint density at radius 3 is 2.50 bits per heavy atom. The second-order valence-electron chi connectivity index (χ2n) is 4.50. The number of hydrogen-bond acceptors (Lipinski definition) is 7. The van der Waals surface area contributed by atoms with Crippen molar-refractivity contribution in [3.63, 3.8) is 0 Å². The lowest BCUT2D eigenvalue weighted by atomic mass is 10.3. The minimum absolute atomic E-state index is 0.167. The molecule has 0 aliphatic rings. The van der Waals surface area contributed by atoms with Crippen LogP contribution in [0.2, 0.25) is 0 Å². The third kappa shape index (κ3) is 5.34. The first-order valence-corrected chi connectivity index (χ1v) is 9.17. The minimum atomic E-state index is -0.541. The van der Waals surface area contributed by atoms with Crippen LogP contribution < -0.4 is 4.84 Å². The maximum Gasteiger partial charge on any atom is 0.333 e. The van der Waals surface area contributed by atoms with Crippen molar-refractivity contribution in [3.05, 3.63) is 46.8 Å². The molecule has 2 aromatic rings. The molecule has 0 aliphatic carbocycles. The van der Waals surface area contributed by atoms with Gasteiger partial charge in [0.15, 0.2) is 0 Å². The van der Waals surface area contributed by atoms with Crippen molar-refractivity contribution in [3.8, 4) is 11.8 Å². The third-order valence-electron chi connectivity index (χ3n) is 2.75. The molecule has 0 amide bonds. The van der Waals surface area contributed by atoms with Crippen LogP contribution in [0.1, 0.15) is 12.8 Å². The van der Waals surface area contributed by atoms with Gasteiger partial charge in [0, 0.05) is 39.8 Å². The fraction of sp³-hybridized carbons (Fsp3) is 0.214. The van der Waals surface area contributed by atoms with Gasteiger partial charge in [-0.15, -0.1) is 4.73 Å². The lowest BCUT2D eigenvalue weighted by Gasteiger charge is -2.06. The predicted octanol–water partition coefficient (Wildman–Crippen LogP) is 4.02. The van der Waals surface area contributed by atoms with E-state index in [1.165, 1.54) is 12.1 Å². The van der Waals surface area contributed by atoms with Crippen LogP contribution in [0, 0.1) is 0 Å². The first kappa shape index (κ1) is 17.9. The summed E-state index contributed by atoms with van der Waals surface area (Å²) in [4.78, 5) is 20.2. The second kappa shape index (κ2) is 9.02. The van der Waals surface area contributed by atoms with E-state index in [9.17, 15) is 15.0 Å². The van der Waals surface area contributed by atoms with Crippen LogP contribution in [0.3, 0.4) is 0 Å². The van der Waals surface area contributed by atoms with Gasteiger partial charge in [-0.1, -0.05) is 38.8 Å². The van der Waals surface area contributed by atoms with Crippen LogP contribution >= 0.6 is 21.6 Å². The van der Waals surface area contributed by atoms with Gasteiger partial charge in [0.1, 0.15) is 0 Å².